The minimum absolute atomic E-state index is 0.0251. The first-order valence-electron chi connectivity index (χ1n) is 12.4. The SMILES string of the molecule is COc1cc(Nc2nc(-c3ccc4c(c3)C(=O)NCCO4)cn3ccnc23)ccc1N1CCOC(CO)C1. The molecule has 11 nitrogen and oxygen atoms in total. The van der Waals surface area contributed by atoms with E-state index in [1.54, 1.807) is 25.4 Å². The number of hydrogen-bond donors (Lipinski definition) is 3. The van der Waals surface area contributed by atoms with Crippen LogP contribution in [0.2, 0.25) is 0 Å². The van der Waals surface area contributed by atoms with Crippen LogP contribution in [0.3, 0.4) is 0 Å². The Balaban J connectivity index is 1.33. The molecular formula is C27H28N6O5. The number of aliphatic hydroxyl groups excluding tert-OH is 1. The number of nitrogens with zero attached hydrogens (tertiary/aromatic N) is 4. The van der Waals surface area contributed by atoms with Crippen LogP contribution < -0.4 is 25.0 Å². The van der Waals surface area contributed by atoms with Gasteiger partial charge < -0.3 is 39.3 Å². The maximum Gasteiger partial charge on any atom is 0.255 e. The summed E-state index contributed by atoms with van der Waals surface area (Å²) in [6.45, 7) is 2.71. The number of hydrogen-bond acceptors (Lipinski definition) is 9. The van der Waals surface area contributed by atoms with Crippen LogP contribution in [0.15, 0.2) is 55.0 Å². The number of morpholine rings is 1. The second-order valence-electron chi connectivity index (χ2n) is 9.08. The quantitative estimate of drug-likeness (QED) is 0.355. The Morgan fingerprint density at radius 1 is 1.24 bits per heavy atom. The Bertz CT molecular complexity index is 1490. The fourth-order valence-corrected chi connectivity index (χ4v) is 4.77. The topological polar surface area (TPSA) is 122 Å². The van der Waals surface area contributed by atoms with Crippen LogP contribution in [0.5, 0.6) is 11.5 Å². The van der Waals surface area contributed by atoms with E-state index in [0.29, 0.717) is 67.1 Å². The molecule has 0 saturated carbocycles. The number of rotatable bonds is 6. The molecule has 4 heterocycles. The Hall–Kier alpha value is -4.35. The highest BCUT2D eigenvalue weighted by atomic mass is 16.5. The number of ether oxygens (including phenoxy) is 3. The number of aliphatic hydroxyl groups is 1. The van der Waals surface area contributed by atoms with Gasteiger partial charge in [-0.15, -0.1) is 0 Å². The summed E-state index contributed by atoms with van der Waals surface area (Å²) in [5.41, 5.74) is 4.30. The number of amides is 1. The van der Waals surface area contributed by atoms with Crippen LogP contribution in [0.1, 0.15) is 10.4 Å². The summed E-state index contributed by atoms with van der Waals surface area (Å²) < 4.78 is 18.9. The number of methoxy groups -OCH3 is 1. The third kappa shape index (κ3) is 4.57. The number of carbonyl (C=O) groups excluding carboxylic acids is 1. The van der Waals surface area contributed by atoms with E-state index < -0.39 is 0 Å². The van der Waals surface area contributed by atoms with E-state index in [4.69, 9.17) is 19.2 Å². The van der Waals surface area contributed by atoms with E-state index in [9.17, 15) is 9.90 Å². The van der Waals surface area contributed by atoms with E-state index in [-0.39, 0.29) is 18.6 Å². The van der Waals surface area contributed by atoms with Gasteiger partial charge in [0.05, 0.1) is 49.9 Å². The average Bonchev–Trinajstić information content (AvgIpc) is 3.36. The highest BCUT2D eigenvalue weighted by Gasteiger charge is 2.23. The first kappa shape index (κ1) is 24.0. The minimum Gasteiger partial charge on any atom is -0.495 e. The predicted molar refractivity (Wildman–Crippen MR) is 142 cm³/mol. The fourth-order valence-electron chi connectivity index (χ4n) is 4.77. The van der Waals surface area contributed by atoms with Crippen molar-refractivity contribution in [1.29, 1.82) is 0 Å². The van der Waals surface area contributed by atoms with Crippen molar-refractivity contribution in [1.82, 2.24) is 19.7 Å². The summed E-state index contributed by atoms with van der Waals surface area (Å²) in [5, 5.41) is 15.7. The average molecular weight is 517 g/mol. The summed E-state index contributed by atoms with van der Waals surface area (Å²) in [5.74, 6) is 1.65. The Morgan fingerprint density at radius 2 is 2.16 bits per heavy atom. The highest BCUT2D eigenvalue weighted by Crippen LogP contribution is 2.34. The Morgan fingerprint density at radius 3 is 3.03 bits per heavy atom. The van der Waals surface area contributed by atoms with Gasteiger partial charge >= 0.3 is 0 Å². The summed E-state index contributed by atoms with van der Waals surface area (Å²) in [7, 11) is 1.64. The molecule has 1 atom stereocenters. The van der Waals surface area contributed by atoms with E-state index in [1.807, 2.05) is 41.1 Å². The van der Waals surface area contributed by atoms with Crippen molar-refractivity contribution >= 4 is 28.7 Å². The zero-order chi connectivity index (χ0) is 26.1. The summed E-state index contributed by atoms with van der Waals surface area (Å²) in [4.78, 5) is 24.0. The molecule has 2 aromatic heterocycles. The van der Waals surface area contributed by atoms with Gasteiger partial charge in [0.1, 0.15) is 18.1 Å². The van der Waals surface area contributed by atoms with Gasteiger partial charge in [-0.2, -0.15) is 0 Å². The first-order valence-corrected chi connectivity index (χ1v) is 12.4. The zero-order valence-corrected chi connectivity index (χ0v) is 20.9. The van der Waals surface area contributed by atoms with Gasteiger partial charge in [0.15, 0.2) is 11.5 Å². The zero-order valence-electron chi connectivity index (χ0n) is 20.9. The van der Waals surface area contributed by atoms with Crippen molar-refractivity contribution < 1.29 is 24.1 Å². The number of nitrogens with one attached hydrogen (secondary N) is 2. The predicted octanol–water partition coefficient (Wildman–Crippen LogP) is 2.47. The molecule has 0 radical (unpaired) electrons. The molecule has 0 spiro atoms. The third-order valence-corrected chi connectivity index (χ3v) is 6.66. The van der Waals surface area contributed by atoms with E-state index in [1.165, 1.54) is 0 Å². The van der Waals surface area contributed by atoms with Gasteiger partial charge in [0.25, 0.3) is 5.91 Å². The molecule has 4 aromatic rings. The molecule has 2 aliphatic heterocycles. The molecule has 6 rings (SSSR count). The normalized spacial score (nSPS) is 17.4. The monoisotopic (exact) mass is 516 g/mol. The molecule has 2 aromatic carbocycles. The van der Waals surface area contributed by atoms with Crippen LogP contribution in [-0.4, -0.2) is 78.1 Å². The van der Waals surface area contributed by atoms with Crippen molar-refractivity contribution in [2.45, 2.75) is 6.10 Å². The summed E-state index contributed by atoms with van der Waals surface area (Å²) in [6, 6.07) is 11.4. The molecule has 1 fully saturated rings. The molecule has 1 unspecified atom stereocenters. The van der Waals surface area contributed by atoms with Gasteiger partial charge in [-0.05, 0) is 30.3 Å². The Labute approximate surface area is 219 Å². The first-order chi connectivity index (χ1) is 18.6. The van der Waals surface area contributed by atoms with Gasteiger partial charge in [0.2, 0.25) is 0 Å². The maximum atomic E-state index is 12.5. The summed E-state index contributed by atoms with van der Waals surface area (Å²) in [6.07, 6.45) is 5.22. The van der Waals surface area contributed by atoms with Crippen molar-refractivity contribution in [2.75, 3.05) is 56.8 Å². The van der Waals surface area contributed by atoms with Crippen molar-refractivity contribution in [3.8, 4) is 22.8 Å². The highest BCUT2D eigenvalue weighted by molar-refractivity contribution is 5.98. The number of aromatic nitrogens is 3. The standard InChI is InChI=1S/C27H28N6O5/c1-36-24-13-18(3-4-22(24)32-9-11-37-19(14-32)16-34)30-25-26-28-6-8-33(26)15-21(31-25)17-2-5-23-20(12-17)27(35)29-7-10-38-23/h2-6,8,12-13,15,19,34H,7,9-11,14,16H2,1H3,(H,29,35)(H,30,31). The molecule has 2 aliphatic rings. The van der Waals surface area contributed by atoms with Gasteiger partial charge in [-0.3, -0.25) is 4.79 Å². The molecule has 1 amide bonds. The lowest BCUT2D eigenvalue weighted by atomic mass is 10.1. The van der Waals surface area contributed by atoms with E-state index in [0.717, 1.165) is 16.9 Å². The largest absolute Gasteiger partial charge is 0.495 e. The van der Waals surface area contributed by atoms with Crippen LogP contribution in [0, 0.1) is 0 Å². The smallest absolute Gasteiger partial charge is 0.255 e. The lowest BCUT2D eigenvalue weighted by Gasteiger charge is -2.34. The maximum absolute atomic E-state index is 12.5. The van der Waals surface area contributed by atoms with Gasteiger partial charge in [-0.1, -0.05) is 0 Å². The number of anilines is 3. The van der Waals surface area contributed by atoms with Crippen LogP contribution in [0.25, 0.3) is 16.9 Å². The lowest BCUT2D eigenvalue weighted by molar-refractivity contribution is 0.00347. The van der Waals surface area contributed by atoms with Crippen LogP contribution in [0.4, 0.5) is 17.2 Å². The minimum atomic E-state index is -0.225. The number of fused-ring (bicyclic) bond motifs is 2. The molecule has 11 heteroatoms. The van der Waals surface area contributed by atoms with E-state index in [2.05, 4.69) is 20.5 Å². The number of benzene rings is 2. The van der Waals surface area contributed by atoms with Crippen molar-refractivity contribution in [3.63, 3.8) is 0 Å². The van der Waals surface area contributed by atoms with Gasteiger partial charge in [-0.25, -0.2) is 9.97 Å². The molecular weight excluding hydrogens is 488 g/mol. The number of carbonyl (C=O) groups is 1. The lowest BCUT2D eigenvalue weighted by Crippen LogP contribution is -2.44. The molecule has 0 aliphatic carbocycles. The van der Waals surface area contributed by atoms with Crippen LogP contribution in [-0.2, 0) is 4.74 Å². The summed E-state index contributed by atoms with van der Waals surface area (Å²) >= 11 is 0. The Kier molecular flexibility index (Phi) is 6.44. The molecule has 196 valence electrons. The van der Waals surface area contributed by atoms with Gasteiger partial charge in [0, 0.05) is 49.0 Å². The van der Waals surface area contributed by atoms with Crippen molar-refractivity contribution in [2.24, 2.45) is 0 Å². The molecule has 3 N–H and O–H groups in total. The molecule has 1 saturated heterocycles. The number of imidazole rings is 1. The van der Waals surface area contributed by atoms with Crippen molar-refractivity contribution in [3.05, 3.63) is 60.6 Å². The fraction of sp³-hybridized carbons (Fsp3) is 0.296. The molecule has 0 bridgehead atoms. The second-order valence-corrected chi connectivity index (χ2v) is 9.08. The van der Waals surface area contributed by atoms with Crippen LogP contribution >= 0.6 is 0 Å². The second kappa shape index (κ2) is 10.2. The molecule has 38 heavy (non-hydrogen) atoms. The third-order valence-electron chi connectivity index (χ3n) is 6.66. The van der Waals surface area contributed by atoms with E-state index >= 15 is 0 Å².